The first kappa shape index (κ1) is 14.0. The summed E-state index contributed by atoms with van der Waals surface area (Å²) in [6.45, 7) is 6.08. The van der Waals surface area contributed by atoms with Gasteiger partial charge in [0.05, 0.1) is 24.4 Å². The quantitative estimate of drug-likeness (QED) is 0.777. The van der Waals surface area contributed by atoms with Gasteiger partial charge in [0, 0.05) is 25.6 Å². The predicted octanol–water partition coefficient (Wildman–Crippen LogP) is 1.90. The third kappa shape index (κ3) is 3.37. The van der Waals surface area contributed by atoms with Gasteiger partial charge < -0.3 is 9.47 Å². The largest absolute Gasteiger partial charge is 0.457 e. The molecule has 0 aromatic carbocycles. The molecule has 1 aliphatic carbocycles. The molecule has 1 saturated heterocycles. The number of rotatable bonds is 5. The number of carbonyl (C=O) groups is 1. The summed E-state index contributed by atoms with van der Waals surface area (Å²) in [6, 6.07) is 0. The molecule has 3 rings (SSSR count). The average molecular weight is 296 g/mol. The predicted molar refractivity (Wildman–Crippen MR) is 76.2 cm³/mol. The number of hydrogen-bond donors (Lipinski definition) is 0. The average Bonchev–Trinajstić information content (AvgIpc) is 3.16. The van der Waals surface area contributed by atoms with E-state index in [1.165, 1.54) is 11.3 Å². The molecule has 0 radical (unpaired) electrons. The SMILES string of the molecule is CC(CN1CCOCC1)OC(=O)c1scnc1C1CC1. The fourth-order valence-corrected chi connectivity index (χ4v) is 3.23. The zero-order valence-corrected chi connectivity index (χ0v) is 12.5. The molecule has 1 atom stereocenters. The number of esters is 1. The molecule has 0 spiro atoms. The van der Waals surface area contributed by atoms with Gasteiger partial charge in [-0.1, -0.05) is 0 Å². The van der Waals surface area contributed by atoms with Crippen molar-refractivity contribution in [2.24, 2.45) is 0 Å². The van der Waals surface area contributed by atoms with E-state index < -0.39 is 0 Å². The number of carbonyl (C=O) groups excluding carboxylic acids is 1. The summed E-state index contributed by atoms with van der Waals surface area (Å²) in [7, 11) is 0. The summed E-state index contributed by atoms with van der Waals surface area (Å²) in [5.41, 5.74) is 2.69. The van der Waals surface area contributed by atoms with Gasteiger partial charge in [0.15, 0.2) is 0 Å². The van der Waals surface area contributed by atoms with Crippen LogP contribution >= 0.6 is 11.3 Å². The van der Waals surface area contributed by atoms with E-state index in [1.807, 2.05) is 6.92 Å². The molecule has 1 saturated carbocycles. The molecule has 2 heterocycles. The van der Waals surface area contributed by atoms with Gasteiger partial charge >= 0.3 is 5.97 Å². The van der Waals surface area contributed by atoms with Gasteiger partial charge in [0.2, 0.25) is 0 Å². The lowest BCUT2D eigenvalue weighted by molar-refractivity contribution is 0.000655. The smallest absolute Gasteiger partial charge is 0.350 e. The van der Waals surface area contributed by atoms with E-state index in [0.29, 0.717) is 10.8 Å². The topological polar surface area (TPSA) is 51.7 Å². The van der Waals surface area contributed by atoms with Crippen LogP contribution < -0.4 is 0 Å². The molecule has 2 aliphatic rings. The van der Waals surface area contributed by atoms with Crippen molar-refractivity contribution in [3.05, 3.63) is 16.1 Å². The molecule has 1 aromatic rings. The molecule has 0 N–H and O–H groups in total. The van der Waals surface area contributed by atoms with Crippen molar-refractivity contribution in [3.8, 4) is 0 Å². The van der Waals surface area contributed by atoms with Crippen LogP contribution in [0, 0.1) is 0 Å². The van der Waals surface area contributed by atoms with E-state index in [-0.39, 0.29) is 12.1 Å². The van der Waals surface area contributed by atoms with Crippen LogP contribution in [-0.4, -0.2) is 54.8 Å². The second kappa shape index (κ2) is 6.20. The minimum atomic E-state index is -0.213. The Kier molecular flexibility index (Phi) is 4.33. The second-order valence-electron chi connectivity index (χ2n) is 5.47. The van der Waals surface area contributed by atoms with Gasteiger partial charge in [-0.2, -0.15) is 0 Å². The van der Waals surface area contributed by atoms with Crippen molar-refractivity contribution in [1.29, 1.82) is 0 Å². The third-order valence-corrected chi connectivity index (χ3v) is 4.49. The number of morpholine rings is 1. The van der Waals surface area contributed by atoms with Gasteiger partial charge in [-0.15, -0.1) is 11.3 Å². The fourth-order valence-electron chi connectivity index (χ4n) is 2.48. The van der Waals surface area contributed by atoms with Crippen LogP contribution in [-0.2, 0) is 9.47 Å². The second-order valence-corrected chi connectivity index (χ2v) is 6.32. The Morgan fingerprint density at radius 3 is 3.00 bits per heavy atom. The summed E-state index contributed by atoms with van der Waals surface area (Å²) < 4.78 is 10.9. The molecule has 1 aromatic heterocycles. The van der Waals surface area contributed by atoms with E-state index in [9.17, 15) is 4.79 Å². The molecular weight excluding hydrogens is 276 g/mol. The highest BCUT2D eigenvalue weighted by Crippen LogP contribution is 2.41. The number of aromatic nitrogens is 1. The van der Waals surface area contributed by atoms with Crippen LogP contribution in [0.2, 0.25) is 0 Å². The molecule has 0 amide bonds. The van der Waals surface area contributed by atoms with E-state index in [0.717, 1.165) is 51.4 Å². The van der Waals surface area contributed by atoms with Crippen LogP contribution in [0.3, 0.4) is 0 Å². The Morgan fingerprint density at radius 2 is 2.30 bits per heavy atom. The standard InChI is InChI=1S/C14H20N2O3S/c1-10(8-16-4-6-18-7-5-16)19-14(17)13-12(11-2-3-11)15-9-20-13/h9-11H,2-8H2,1H3. The Balaban J connectivity index is 1.53. The lowest BCUT2D eigenvalue weighted by Gasteiger charge is -2.28. The molecule has 5 nitrogen and oxygen atoms in total. The maximum absolute atomic E-state index is 12.2. The number of ether oxygens (including phenoxy) is 2. The first-order valence-corrected chi connectivity index (χ1v) is 8.06. The molecule has 1 aliphatic heterocycles. The summed E-state index contributed by atoms with van der Waals surface area (Å²) in [6.07, 6.45) is 2.19. The van der Waals surface area contributed by atoms with Crippen molar-refractivity contribution in [2.75, 3.05) is 32.8 Å². The molecule has 6 heteroatoms. The van der Waals surface area contributed by atoms with E-state index >= 15 is 0 Å². The fraction of sp³-hybridized carbons (Fsp3) is 0.714. The summed E-state index contributed by atoms with van der Waals surface area (Å²) in [5.74, 6) is 0.272. The highest BCUT2D eigenvalue weighted by molar-refractivity contribution is 7.11. The zero-order valence-electron chi connectivity index (χ0n) is 11.7. The van der Waals surface area contributed by atoms with Crippen LogP contribution in [0.4, 0.5) is 0 Å². The number of thiazole rings is 1. The van der Waals surface area contributed by atoms with Gasteiger partial charge in [-0.25, -0.2) is 9.78 Å². The summed E-state index contributed by atoms with van der Waals surface area (Å²) in [5, 5.41) is 0. The Hall–Kier alpha value is -0.980. The van der Waals surface area contributed by atoms with Crippen molar-refractivity contribution >= 4 is 17.3 Å². The van der Waals surface area contributed by atoms with Crippen LogP contribution in [0.25, 0.3) is 0 Å². The summed E-state index contributed by atoms with van der Waals surface area (Å²) in [4.78, 5) is 19.5. The zero-order chi connectivity index (χ0) is 13.9. The van der Waals surface area contributed by atoms with E-state index in [1.54, 1.807) is 5.51 Å². The Bertz CT molecular complexity index is 467. The third-order valence-electron chi connectivity index (χ3n) is 3.67. The molecule has 110 valence electrons. The highest BCUT2D eigenvalue weighted by atomic mass is 32.1. The monoisotopic (exact) mass is 296 g/mol. The van der Waals surface area contributed by atoms with Crippen molar-refractivity contribution in [2.45, 2.75) is 31.8 Å². The minimum absolute atomic E-state index is 0.102. The van der Waals surface area contributed by atoms with Crippen molar-refractivity contribution in [1.82, 2.24) is 9.88 Å². The lowest BCUT2D eigenvalue weighted by Crippen LogP contribution is -2.41. The molecule has 0 bridgehead atoms. The van der Waals surface area contributed by atoms with Crippen LogP contribution in [0.5, 0.6) is 0 Å². The molecule has 1 unspecified atom stereocenters. The highest BCUT2D eigenvalue weighted by Gasteiger charge is 2.31. The minimum Gasteiger partial charge on any atom is -0.457 e. The number of nitrogens with zero attached hydrogens (tertiary/aromatic N) is 2. The van der Waals surface area contributed by atoms with Crippen molar-refractivity contribution in [3.63, 3.8) is 0 Å². The van der Waals surface area contributed by atoms with E-state index in [4.69, 9.17) is 9.47 Å². The molecular formula is C14H20N2O3S. The van der Waals surface area contributed by atoms with E-state index in [2.05, 4.69) is 9.88 Å². The molecule has 20 heavy (non-hydrogen) atoms. The first-order valence-electron chi connectivity index (χ1n) is 7.18. The van der Waals surface area contributed by atoms with Gasteiger partial charge in [-0.05, 0) is 19.8 Å². The maximum atomic E-state index is 12.2. The lowest BCUT2D eigenvalue weighted by atomic mass is 10.2. The Morgan fingerprint density at radius 1 is 1.55 bits per heavy atom. The normalized spacial score (nSPS) is 21.6. The van der Waals surface area contributed by atoms with Crippen LogP contribution in [0.1, 0.15) is 41.0 Å². The molecule has 2 fully saturated rings. The Labute approximate surface area is 122 Å². The van der Waals surface area contributed by atoms with Crippen LogP contribution in [0.15, 0.2) is 5.51 Å². The first-order chi connectivity index (χ1) is 9.74. The summed E-state index contributed by atoms with van der Waals surface area (Å²) >= 11 is 1.39. The van der Waals surface area contributed by atoms with Gasteiger partial charge in [0.25, 0.3) is 0 Å². The van der Waals surface area contributed by atoms with Crippen molar-refractivity contribution < 1.29 is 14.3 Å². The van der Waals surface area contributed by atoms with Gasteiger partial charge in [0.1, 0.15) is 11.0 Å². The maximum Gasteiger partial charge on any atom is 0.350 e. The number of hydrogen-bond acceptors (Lipinski definition) is 6. The van der Waals surface area contributed by atoms with Gasteiger partial charge in [-0.3, -0.25) is 4.90 Å².